The smallest absolute Gasteiger partial charge is 0.320 e. The van der Waals surface area contributed by atoms with Gasteiger partial charge in [-0.25, -0.2) is 0 Å². The van der Waals surface area contributed by atoms with Gasteiger partial charge in [0.15, 0.2) is 11.6 Å². The fourth-order valence-corrected chi connectivity index (χ4v) is 1.33. The maximum absolute atomic E-state index is 11.2. The van der Waals surface area contributed by atoms with Crippen molar-refractivity contribution in [3.05, 3.63) is 12.2 Å². The molecule has 5 nitrogen and oxygen atoms in total. The molecule has 0 aromatic rings. The second-order valence-corrected chi connectivity index (χ2v) is 3.84. The number of unbranched alkanes of at least 4 members (excludes halogenated alkanes) is 1. The largest absolute Gasteiger partial charge is 0.480 e. The van der Waals surface area contributed by atoms with Gasteiger partial charge in [0.1, 0.15) is 6.04 Å². The lowest BCUT2D eigenvalue weighted by Crippen LogP contribution is -2.33. The molecule has 2 N–H and O–H groups in total. The summed E-state index contributed by atoms with van der Waals surface area (Å²) in [6, 6.07) is -0.558. The van der Waals surface area contributed by atoms with E-state index < -0.39 is 12.0 Å². The number of likely N-dealkylation sites (N-methyl/N-ethyl adjacent to an activating group) is 1. The summed E-state index contributed by atoms with van der Waals surface area (Å²) in [6.07, 6.45) is 4.66. The fourth-order valence-electron chi connectivity index (χ4n) is 1.33. The SMILES string of the molecule is CN[C@H](CCCCC(=O)/C=C/C(C)=O)C(=O)O. The highest BCUT2D eigenvalue weighted by Crippen LogP contribution is 2.05. The van der Waals surface area contributed by atoms with Crippen molar-refractivity contribution in [2.75, 3.05) is 7.05 Å². The number of aliphatic carboxylic acids is 1. The highest BCUT2D eigenvalue weighted by atomic mass is 16.4. The monoisotopic (exact) mass is 241 g/mol. The van der Waals surface area contributed by atoms with Gasteiger partial charge in [0.05, 0.1) is 0 Å². The number of carbonyl (C=O) groups is 3. The molecular weight excluding hydrogens is 222 g/mol. The van der Waals surface area contributed by atoms with Gasteiger partial charge < -0.3 is 10.4 Å². The van der Waals surface area contributed by atoms with E-state index in [9.17, 15) is 14.4 Å². The number of hydrogen-bond donors (Lipinski definition) is 2. The van der Waals surface area contributed by atoms with Crippen LogP contribution in [0, 0.1) is 0 Å². The van der Waals surface area contributed by atoms with Crippen molar-refractivity contribution in [2.24, 2.45) is 0 Å². The summed E-state index contributed by atoms with van der Waals surface area (Å²) < 4.78 is 0. The van der Waals surface area contributed by atoms with E-state index in [0.29, 0.717) is 25.7 Å². The van der Waals surface area contributed by atoms with E-state index in [1.807, 2.05) is 0 Å². The molecule has 0 heterocycles. The van der Waals surface area contributed by atoms with Crippen molar-refractivity contribution in [3.63, 3.8) is 0 Å². The Morgan fingerprint density at radius 1 is 1.24 bits per heavy atom. The summed E-state index contributed by atoms with van der Waals surface area (Å²) in [6.45, 7) is 1.38. The first-order chi connectivity index (χ1) is 7.97. The van der Waals surface area contributed by atoms with Crippen molar-refractivity contribution in [3.8, 4) is 0 Å². The molecule has 0 aliphatic carbocycles. The van der Waals surface area contributed by atoms with Gasteiger partial charge in [0, 0.05) is 6.42 Å². The zero-order valence-electron chi connectivity index (χ0n) is 10.2. The molecule has 0 fully saturated rings. The molecule has 5 heteroatoms. The Labute approximate surface area is 101 Å². The van der Waals surface area contributed by atoms with Crippen molar-refractivity contribution >= 4 is 17.5 Å². The Hall–Kier alpha value is -1.49. The molecule has 0 unspecified atom stereocenters. The van der Waals surface area contributed by atoms with Crippen LogP contribution in [0.3, 0.4) is 0 Å². The highest BCUT2D eigenvalue weighted by molar-refractivity contribution is 5.97. The van der Waals surface area contributed by atoms with Gasteiger partial charge in [-0.2, -0.15) is 0 Å². The van der Waals surface area contributed by atoms with Gasteiger partial charge in [0.2, 0.25) is 0 Å². The average Bonchev–Trinajstić information content (AvgIpc) is 2.25. The predicted octanol–water partition coefficient (Wildman–Crippen LogP) is 0.934. The minimum Gasteiger partial charge on any atom is -0.480 e. The van der Waals surface area contributed by atoms with Crippen LogP contribution in [0.1, 0.15) is 32.6 Å². The van der Waals surface area contributed by atoms with Crippen molar-refractivity contribution in [2.45, 2.75) is 38.6 Å². The topological polar surface area (TPSA) is 83.5 Å². The number of carbonyl (C=O) groups excluding carboxylic acids is 2. The molecule has 0 aliphatic rings. The van der Waals surface area contributed by atoms with Crippen molar-refractivity contribution in [1.29, 1.82) is 0 Å². The molecule has 1 atom stereocenters. The van der Waals surface area contributed by atoms with E-state index in [0.717, 1.165) is 0 Å². The summed E-state index contributed by atoms with van der Waals surface area (Å²) in [5.74, 6) is -1.13. The average molecular weight is 241 g/mol. The molecule has 0 aromatic heterocycles. The van der Waals surface area contributed by atoms with Gasteiger partial charge in [-0.1, -0.05) is 6.42 Å². The zero-order chi connectivity index (χ0) is 13.3. The van der Waals surface area contributed by atoms with Gasteiger partial charge in [-0.05, 0) is 39.0 Å². The quantitative estimate of drug-likeness (QED) is 0.463. The lowest BCUT2D eigenvalue weighted by atomic mass is 10.1. The molecule has 0 saturated carbocycles. The Balaban J connectivity index is 3.74. The van der Waals surface area contributed by atoms with Crippen LogP contribution in [0.15, 0.2) is 12.2 Å². The molecule has 0 amide bonds. The van der Waals surface area contributed by atoms with Crippen LogP contribution in [0.5, 0.6) is 0 Å². The van der Waals surface area contributed by atoms with Crippen molar-refractivity contribution < 1.29 is 19.5 Å². The third-order valence-electron chi connectivity index (χ3n) is 2.32. The Bertz CT molecular complexity index is 310. The molecule has 0 aromatic carbocycles. The summed E-state index contributed by atoms with van der Waals surface area (Å²) in [4.78, 5) is 32.5. The van der Waals surface area contributed by atoms with E-state index in [1.54, 1.807) is 7.05 Å². The molecule has 96 valence electrons. The number of carboxylic acid groups (broad SMARTS) is 1. The number of ketones is 2. The third-order valence-corrected chi connectivity index (χ3v) is 2.32. The first-order valence-corrected chi connectivity index (χ1v) is 5.59. The normalized spacial score (nSPS) is 12.6. The Morgan fingerprint density at radius 2 is 1.88 bits per heavy atom. The summed E-state index contributed by atoms with van der Waals surface area (Å²) in [7, 11) is 1.60. The lowest BCUT2D eigenvalue weighted by molar-refractivity contribution is -0.139. The molecule has 0 spiro atoms. The van der Waals surface area contributed by atoms with Gasteiger partial charge >= 0.3 is 5.97 Å². The number of allylic oxidation sites excluding steroid dienone is 2. The van der Waals surface area contributed by atoms with Crippen LogP contribution in [-0.2, 0) is 14.4 Å². The molecule has 0 aliphatic heterocycles. The van der Waals surface area contributed by atoms with Crippen LogP contribution in [0.25, 0.3) is 0 Å². The van der Waals surface area contributed by atoms with Crippen LogP contribution in [0.4, 0.5) is 0 Å². The Kier molecular flexibility index (Phi) is 7.88. The summed E-state index contributed by atoms with van der Waals surface area (Å²) in [5, 5.41) is 11.4. The van der Waals surface area contributed by atoms with E-state index in [4.69, 9.17) is 5.11 Å². The minimum atomic E-state index is -0.879. The van der Waals surface area contributed by atoms with Crippen LogP contribution >= 0.6 is 0 Å². The third kappa shape index (κ3) is 8.33. The second kappa shape index (κ2) is 8.64. The Morgan fingerprint density at radius 3 is 2.35 bits per heavy atom. The number of rotatable bonds is 9. The van der Waals surface area contributed by atoms with Gasteiger partial charge in [-0.3, -0.25) is 14.4 Å². The van der Waals surface area contributed by atoms with Crippen molar-refractivity contribution in [1.82, 2.24) is 5.32 Å². The molecular formula is C12H19NO4. The molecule has 0 saturated heterocycles. The second-order valence-electron chi connectivity index (χ2n) is 3.84. The standard InChI is InChI=1S/C12H19NO4/c1-9(14)7-8-10(15)5-3-4-6-11(13-2)12(16)17/h7-8,11,13H,3-6H2,1-2H3,(H,16,17)/b8-7+/t11-/m1/s1. The first-order valence-electron chi connectivity index (χ1n) is 5.59. The van der Waals surface area contributed by atoms with Gasteiger partial charge in [0.25, 0.3) is 0 Å². The van der Waals surface area contributed by atoms with Crippen LogP contribution < -0.4 is 5.32 Å². The molecule has 17 heavy (non-hydrogen) atoms. The lowest BCUT2D eigenvalue weighted by Gasteiger charge is -2.09. The first kappa shape index (κ1) is 15.5. The summed E-state index contributed by atoms with van der Waals surface area (Å²) in [5.41, 5.74) is 0. The number of nitrogens with one attached hydrogen (secondary N) is 1. The van der Waals surface area contributed by atoms with E-state index in [1.165, 1.54) is 19.1 Å². The molecule has 0 radical (unpaired) electrons. The predicted molar refractivity (Wildman–Crippen MR) is 63.8 cm³/mol. The number of carboxylic acids is 1. The zero-order valence-corrected chi connectivity index (χ0v) is 10.2. The fraction of sp³-hybridized carbons (Fsp3) is 0.583. The van der Waals surface area contributed by atoms with E-state index in [-0.39, 0.29) is 11.6 Å². The minimum absolute atomic E-state index is 0.100. The number of hydrogen-bond acceptors (Lipinski definition) is 4. The van der Waals surface area contributed by atoms with Crippen LogP contribution in [0.2, 0.25) is 0 Å². The maximum Gasteiger partial charge on any atom is 0.320 e. The van der Waals surface area contributed by atoms with Gasteiger partial charge in [-0.15, -0.1) is 0 Å². The van der Waals surface area contributed by atoms with Crippen LogP contribution in [-0.4, -0.2) is 35.7 Å². The molecule has 0 rings (SSSR count). The van der Waals surface area contributed by atoms with E-state index >= 15 is 0 Å². The van der Waals surface area contributed by atoms with E-state index in [2.05, 4.69) is 5.32 Å². The maximum atomic E-state index is 11.2. The molecule has 0 bridgehead atoms. The summed E-state index contributed by atoms with van der Waals surface area (Å²) >= 11 is 0. The highest BCUT2D eigenvalue weighted by Gasteiger charge is 2.13.